The van der Waals surface area contributed by atoms with Crippen LogP contribution >= 0.6 is 0 Å². The topological polar surface area (TPSA) is 256 Å². The minimum absolute atomic E-state index is 0. The number of carboxylic acids is 1. The summed E-state index contributed by atoms with van der Waals surface area (Å²) >= 11 is 0. The first-order valence-electron chi connectivity index (χ1n) is 9.74. The molecule has 0 amide bonds. The number of aliphatic hydroxyl groups excluding tert-OH is 6. The van der Waals surface area contributed by atoms with Crippen molar-refractivity contribution in [3.05, 3.63) is 0 Å². The molecule has 0 heterocycles. The smallest absolute Gasteiger partial charge is 0.0742 e. The van der Waals surface area contributed by atoms with Crippen molar-refractivity contribution in [1.82, 2.24) is 0 Å². The van der Waals surface area contributed by atoms with E-state index >= 15 is 0 Å². The Bertz CT molecular complexity index is 248. The molecule has 0 aliphatic rings. The third kappa shape index (κ3) is 217. The molecular weight excluding hydrogens is 1350 g/mol. The van der Waals surface area contributed by atoms with Crippen LogP contribution in [0.4, 0.5) is 0 Å². The van der Waals surface area contributed by atoms with Gasteiger partial charge in [-0.25, -0.2) is 0 Å². The van der Waals surface area contributed by atoms with E-state index in [9.17, 15) is 0 Å². The molecule has 12 N–H and O–H groups in total. The molecule has 37 heavy (non-hydrogen) atoms. The molecule has 0 aliphatic heterocycles. The summed E-state index contributed by atoms with van der Waals surface area (Å²) in [5, 5.41) is 56.0. The molecule has 3 atom stereocenters. The predicted molar refractivity (Wildman–Crippen MR) is 124 cm³/mol. The molecule has 0 saturated carbocycles. The fourth-order valence-corrected chi connectivity index (χ4v) is 1.05. The van der Waals surface area contributed by atoms with Gasteiger partial charge in [0.05, 0.1) is 12.7 Å². The van der Waals surface area contributed by atoms with Crippen molar-refractivity contribution in [3.8, 4) is 0 Å². The summed E-state index contributed by atoms with van der Waals surface area (Å²) in [5.41, 5.74) is 0. The molecule has 3 unspecified atom stereocenters. The standard InChI is InChI=1S/C8H18O.C5H12O.C3H8O2.C2H4O2.2CH4O.3H2O.2Rf.4Ru/c1-3-5-6-8(4-2)7-9;1-3-5(2)4-6;1-3(5)2-4;1-2(3)4;2*1-2;;;;;;;;;/h8-9H,3-7H2,1-2H3;5-6H,3-4H2,1-2H3;3-5H,2H2,1H3;1H3,(H,3,4);2*2H,1H3;3*1H2;;;;;;/p-1. The first kappa shape index (κ1) is 99.4. The number of aliphatic carboxylic acids is 1. The maximum absolute atomic E-state index is 8.89. The number of carboxylic acid groups (broad SMARTS) is 1. The first-order chi connectivity index (χ1) is 13.2. The van der Waals surface area contributed by atoms with Crippen molar-refractivity contribution in [2.75, 3.05) is 34.0 Å². The molecule has 0 aromatic rings. The molecule has 17 heteroatoms. The van der Waals surface area contributed by atoms with E-state index in [1.54, 1.807) is 0 Å². The number of carbonyl (C=O) groups excluding carboxylic acids is 1. The van der Waals surface area contributed by atoms with Crippen molar-refractivity contribution in [2.24, 2.45) is 11.8 Å². The van der Waals surface area contributed by atoms with Crippen LogP contribution in [0.25, 0.3) is 0 Å². The van der Waals surface area contributed by atoms with Gasteiger partial charge >= 0.3 is 0 Å². The normalized spacial score (nSPS) is 8.70. The zero-order valence-electron chi connectivity index (χ0n) is 23.7. The first-order valence-corrected chi connectivity index (χ1v) is 9.74. The summed E-state index contributed by atoms with van der Waals surface area (Å²) in [6.07, 6.45) is 5.35. The number of hydrogen-bond acceptors (Lipinski definition) is 8. The van der Waals surface area contributed by atoms with Gasteiger partial charge in [-0.2, -0.15) is 0 Å². The Balaban J connectivity index is -0.0000000122. The van der Waals surface area contributed by atoms with Crippen LogP contribution < -0.4 is 5.11 Å². The second-order valence-corrected chi connectivity index (χ2v) is 5.82. The molecular formula is C20H55O11Rf2Ru4-. The summed E-state index contributed by atoms with van der Waals surface area (Å²) in [7, 11) is 2.00. The molecule has 0 bridgehead atoms. The van der Waals surface area contributed by atoms with Crippen LogP contribution in [0.5, 0.6) is 0 Å². The van der Waals surface area contributed by atoms with Gasteiger partial charge in [0.15, 0.2) is 0 Å². The third-order valence-electron chi connectivity index (χ3n) is 3.07. The largest absolute Gasteiger partial charge is 0.550 e. The van der Waals surface area contributed by atoms with E-state index in [2.05, 4.69) is 20.8 Å². The van der Waals surface area contributed by atoms with Crippen molar-refractivity contribution in [1.29, 1.82) is 0 Å². The van der Waals surface area contributed by atoms with E-state index in [0.29, 0.717) is 25.0 Å². The Morgan fingerprint density at radius 2 is 1.00 bits per heavy atom. The summed E-state index contributed by atoms with van der Waals surface area (Å²) in [4.78, 5) is 8.89. The van der Waals surface area contributed by atoms with Crippen molar-refractivity contribution in [3.63, 3.8) is 0 Å². The molecule has 0 rings (SSSR count). The molecule has 0 aliphatic carbocycles. The van der Waals surface area contributed by atoms with Gasteiger partial charge in [0.1, 0.15) is 0 Å². The number of unbranched alkanes of at least 4 members (excludes halogenated alkanes) is 1. The zero-order chi connectivity index (χ0) is 24.0. The van der Waals surface area contributed by atoms with Gasteiger partial charge in [-0.05, 0) is 32.1 Å². The van der Waals surface area contributed by atoms with Crippen LogP contribution in [-0.4, -0.2) is 93.2 Å². The second-order valence-electron chi connectivity index (χ2n) is 5.82. The molecule has 0 saturated heterocycles. The number of aliphatic hydroxyl groups is 6. The van der Waals surface area contributed by atoms with E-state index in [0.717, 1.165) is 34.0 Å². The van der Waals surface area contributed by atoms with Crippen LogP contribution in [0.3, 0.4) is 0 Å². The fourth-order valence-electron chi connectivity index (χ4n) is 1.05. The van der Waals surface area contributed by atoms with Gasteiger partial charge in [-0.1, -0.05) is 53.4 Å². The van der Waals surface area contributed by atoms with Crippen LogP contribution in [0, 0.1) is 11.8 Å². The number of hydrogen-bond donors (Lipinski definition) is 6. The Kier molecular flexibility index (Phi) is 298. The predicted octanol–water partition coefficient (Wildman–Crippen LogP) is -1.93. The molecule has 0 aromatic carbocycles. The van der Waals surface area contributed by atoms with Gasteiger partial charge < -0.3 is 57.0 Å². The van der Waals surface area contributed by atoms with Crippen molar-refractivity contribution >= 4 is 5.97 Å². The summed E-state index contributed by atoms with van der Waals surface area (Å²) in [6.45, 7) is 11.5. The minimum atomic E-state index is -1.08. The zero-order valence-corrected chi connectivity index (χ0v) is 43.5. The van der Waals surface area contributed by atoms with Gasteiger partial charge in [0, 0.05) is 111 Å². The molecule has 238 valence electrons. The van der Waals surface area contributed by atoms with Crippen LogP contribution in [0.1, 0.15) is 73.6 Å². The fraction of sp³-hybridized carbons (Fsp3) is 0.950. The summed E-state index contributed by atoms with van der Waals surface area (Å²) in [5.74, 6) is -0.0325. The average Bonchev–Trinajstić information content (AvgIpc) is 2.71. The van der Waals surface area contributed by atoms with E-state index < -0.39 is 12.1 Å². The van der Waals surface area contributed by atoms with Crippen LogP contribution in [0.15, 0.2) is 0 Å². The monoisotopic (exact) mass is 1410 g/mol. The number of rotatable bonds is 8. The SMILES string of the molecule is CC(=O)[O-].CC(O)CO.CCC(C)CO.CCCCC(CC)CO.CO.CO.O.O.O.[Rf].[Rf].[Ru].[Ru].[Ru].[Ru]. The Hall–Kier alpha value is -0.396. The van der Waals surface area contributed by atoms with Gasteiger partial charge in [-0.15, -0.1) is 0 Å². The Morgan fingerprint density at radius 1 is 0.730 bits per heavy atom. The van der Waals surface area contributed by atoms with E-state index in [4.69, 9.17) is 40.5 Å². The quantitative estimate of drug-likeness (QED) is 0.149. The van der Waals surface area contributed by atoms with Gasteiger partial charge in [0.2, 0.25) is 0 Å². The second kappa shape index (κ2) is 111. The number of carbonyl (C=O) groups is 1. The van der Waals surface area contributed by atoms with E-state index in [-0.39, 0.29) is 101 Å². The minimum Gasteiger partial charge on any atom is -0.550 e. The summed E-state index contributed by atoms with van der Waals surface area (Å²) in [6, 6.07) is 0. The van der Waals surface area contributed by atoms with Crippen LogP contribution in [-0.2, 0) is 82.7 Å². The molecule has 11 nitrogen and oxygen atoms in total. The third-order valence-corrected chi connectivity index (χ3v) is 3.07. The van der Waals surface area contributed by atoms with Gasteiger partial charge in [-0.3, -0.25) is 0 Å². The van der Waals surface area contributed by atoms with Gasteiger partial charge in [0.25, 0.3) is 0 Å². The van der Waals surface area contributed by atoms with Crippen molar-refractivity contribution in [2.45, 2.75) is 79.8 Å². The maximum atomic E-state index is 8.89. The maximum Gasteiger partial charge on any atom is 0.0742 e. The Morgan fingerprint density at radius 3 is 1.08 bits per heavy atom. The Labute approximate surface area is 264 Å². The van der Waals surface area contributed by atoms with E-state index in [1.165, 1.54) is 26.2 Å². The van der Waals surface area contributed by atoms with Crippen molar-refractivity contribution < 1.29 is 135 Å². The van der Waals surface area contributed by atoms with Crippen LogP contribution in [0.2, 0.25) is 0 Å². The molecule has 0 fully saturated rings. The summed E-state index contributed by atoms with van der Waals surface area (Å²) < 4.78 is 0. The molecule has 0 aromatic heterocycles. The molecule has 0 radical (unpaired) electrons. The molecule has 0 spiro atoms. The average molecular weight is 1410 g/mol. The van der Waals surface area contributed by atoms with E-state index in [1.807, 2.05) is 6.92 Å².